The van der Waals surface area contributed by atoms with Gasteiger partial charge in [0, 0.05) is 28.9 Å². The predicted octanol–water partition coefficient (Wildman–Crippen LogP) is 3.87. The van der Waals surface area contributed by atoms with E-state index in [0.29, 0.717) is 0 Å². The van der Waals surface area contributed by atoms with Crippen LogP contribution in [0.1, 0.15) is 49.8 Å². The third-order valence-electron chi connectivity index (χ3n) is 3.90. The van der Waals surface area contributed by atoms with E-state index in [0.717, 1.165) is 31.6 Å². The van der Waals surface area contributed by atoms with Gasteiger partial charge in [-0.3, -0.25) is 4.90 Å². The van der Waals surface area contributed by atoms with Crippen LogP contribution in [0.2, 0.25) is 0 Å². The quantitative estimate of drug-likeness (QED) is 0.815. The maximum Gasteiger partial charge on any atom is 0.0330 e. The summed E-state index contributed by atoms with van der Waals surface area (Å²) in [7, 11) is 0. The topological polar surface area (TPSA) is 15.3 Å². The second-order valence-electron chi connectivity index (χ2n) is 6.07. The molecule has 1 aromatic heterocycles. The van der Waals surface area contributed by atoms with Gasteiger partial charge < -0.3 is 5.32 Å². The summed E-state index contributed by atoms with van der Waals surface area (Å²) in [5, 5.41) is 3.52. The Labute approximate surface area is 122 Å². The van der Waals surface area contributed by atoms with Crippen molar-refractivity contribution in [2.24, 2.45) is 5.92 Å². The van der Waals surface area contributed by atoms with Crippen molar-refractivity contribution in [3.8, 4) is 0 Å². The van der Waals surface area contributed by atoms with E-state index in [9.17, 15) is 0 Å². The van der Waals surface area contributed by atoms with Crippen LogP contribution in [0.4, 0.5) is 0 Å². The third-order valence-corrected chi connectivity index (χ3v) is 4.97. The van der Waals surface area contributed by atoms with E-state index in [2.05, 4.69) is 43.1 Å². The molecule has 1 unspecified atom stereocenters. The average Bonchev–Trinajstić information content (AvgIpc) is 2.98. The summed E-state index contributed by atoms with van der Waals surface area (Å²) in [6.45, 7) is 11.4. The molecule has 1 atom stereocenters. The van der Waals surface area contributed by atoms with E-state index in [4.69, 9.17) is 0 Å². The van der Waals surface area contributed by atoms with Crippen LogP contribution in [0.25, 0.3) is 0 Å². The second kappa shape index (κ2) is 7.41. The molecule has 19 heavy (non-hydrogen) atoms. The van der Waals surface area contributed by atoms with Crippen molar-refractivity contribution in [1.82, 2.24) is 10.2 Å². The van der Waals surface area contributed by atoms with Crippen LogP contribution >= 0.6 is 11.3 Å². The van der Waals surface area contributed by atoms with Crippen molar-refractivity contribution >= 4 is 11.3 Å². The van der Waals surface area contributed by atoms with Crippen molar-refractivity contribution in [3.63, 3.8) is 0 Å². The van der Waals surface area contributed by atoms with Gasteiger partial charge >= 0.3 is 0 Å². The lowest BCUT2D eigenvalue weighted by Gasteiger charge is -2.22. The van der Waals surface area contributed by atoms with Crippen LogP contribution in [0, 0.1) is 5.92 Å². The molecule has 2 nitrogen and oxygen atoms in total. The molecule has 1 aromatic rings. The molecule has 1 aliphatic rings. The van der Waals surface area contributed by atoms with Crippen LogP contribution in [0.3, 0.4) is 0 Å². The molecule has 2 rings (SSSR count). The van der Waals surface area contributed by atoms with Gasteiger partial charge in [-0.05, 0) is 50.4 Å². The fourth-order valence-corrected chi connectivity index (χ4v) is 3.87. The number of nitrogens with zero attached hydrogens (tertiary/aromatic N) is 1. The van der Waals surface area contributed by atoms with Gasteiger partial charge in [-0.25, -0.2) is 0 Å². The molecule has 0 saturated carbocycles. The third kappa shape index (κ3) is 4.59. The Morgan fingerprint density at radius 1 is 1.37 bits per heavy atom. The van der Waals surface area contributed by atoms with E-state index in [1.807, 2.05) is 11.3 Å². The Kier molecular flexibility index (Phi) is 5.86. The van der Waals surface area contributed by atoms with Gasteiger partial charge in [0.2, 0.25) is 0 Å². The molecular weight excluding hydrogens is 252 g/mol. The largest absolute Gasteiger partial charge is 0.312 e. The molecule has 108 valence electrons. The standard InChI is InChI=1S/C16H28N2S/c1-4-14-6-5-9-18(14)12-16-8-7-15(19-16)11-17-10-13(2)3/h7-8,13-14,17H,4-6,9-12H2,1-3H3. The van der Waals surface area contributed by atoms with Crippen molar-refractivity contribution in [3.05, 3.63) is 21.9 Å². The molecule has 1 fully saturated rings. The monoisotopic (exact) mass is 280 g/mol. The van der Waals surface area contributed by atoms with Crippen LogP contribution < -0.4 is 5.32 Å². The van der Waals surface area contributed by atoms with E-state index >= 15 is 0 Å². The summed E-state index contributed by atoms with van der Waals surface area (Å²) < 4.78 is 0. The zero-order chi connectivity index (χ0) is 13.7. The first kappa shape index (κ1) is 15.0. The van der Waals surface area contributed by atoms with Crippen molar-refractivity contribution < 1.29 is 0 Å². The molecule has 0 radical (unpaired) electrons. The SMILES string of the molecule is CCC1CCCN1Cc1ccc(CNCC(C)C)s1. The van der Waals surface area contributed by atoms with Gasteiger partial charge in [0.25, 0.3) is 0 Å². The molecule has 1 N–H and O–H groups in total. The summed E-state index contributed by atoms with van der Waals surface area (Å²) >= 11 is 1.98. The summed E-state index contributed by atoms with van der Waals surface area (Å²) in [5.74, 6) is 0.731. The number of hydrogen-bond acceptors (Lipinski definition) is 3. The first-order chi connectivity index (χ1) is 9.19. The minimum Gasteiger partial charge on any atom is -0.312 e. The van der Waals surface area contributed by atoms with Crippen LogP contribution in [0.5, 0.6) is 0 Å². The molecule has 0 amide bonds. The first-order valence-corrected chi connectivity index (χ1v) is 8.53. The minimum absolute atomic E-state index is 0.731. The van der Waals surface area contributed by atoms with Crippen LogP contribution in [-0.2, 0) is 13.1 Å². The number of rotatable bonds is 7. The van der Waals surface area contributed by atoms with Gasteiger partial charge in [0.15, 0.2) is 0 Å². The smallest absolute Gasteiger partial charge is 0.0330 e. The molecule has 1 aliphatic heterocycles. The first-order valence-electron chi connectivity index (χ1n) is 7.71. The fraction of sp³-hybridized carbons (Fsp3) is 0.750. The predicted molar refractivity (Wildman–Crippen MR) is 84.6 cm³/mol. The van der Waals surface area contributed by atoms with E-state index in [1.165, 1.54) is 35.6 Å². The molecular formula is C16H28N2S. The van der Waals surface area contributed by atoms with Crippen LogP contribution in [-0.4, -0.2) is 24.0 Å². The maximum absolute atomic E-state index is 3.52. The fourth-order valence-electron chi connectivity index (χ4n) is 2.85. The van der Waals surface area contributed by atoms with Crippen molar-refractivity contribution in [1.29, 1.82) is 0 Å². The maximum atomic E-state index is 3.52. The van der Waals surface area contributed by atoms with Crippen molar-refractivity contribution in [2.45, 2.75) is 59.2 Å². The number of nitrogens with one attached hydrogen (secondary N) is 1. The summed E-state index contributed by atoms with van der Waals surface area (Å²) in [5.41, 5.74) is 0. The summed E-state index contributed by atoms with van der Waals surface area (Å²) in [6, 6.07) is 5.44. The van der Waals surface area contributed by atoms with Gasteiger partial charge in [-0.2, -0.15) is 0 Å². The highest BCUT2D eigenvalue weighted by molar-refractivity contribution is 7.11. The lowest BCUT2D eigenvalue weighted by atomic mass is 10.2. The Hall–Kier alpha value is -0.380. The zero-order valence-electron chi connectivity index (χ0n) is 12.6. The highest BCUT2D eigenvalue weighted by Gasteiger charge is 2.22. The lowest BCUT2D eigenvalue weighted by molar-refractivity contribution is 0.242. The van der Waals surface area contributed by atoms with E-state index in [1.54, 1.807) is 0 Å². The van der Waals surface area contributed by atoms with E-state index in [-0.39, 0.29) is 0 Å². The lowest BCUT2D eigenvalue weighted by Crippen LogP contribution is -2.27. The van der Waals surface area contributed by atoms with Crippen molar-refractivity contribution in [2.75, 3.05) is 13.1 Å². The van der Waals surface area contributed by atoms with Crippen LogP contribution in [0.15, 0.2) is 12.1 Å². The van der Waals surface area contributed by atoms with Gasteiger partial charge in [-0.1, -0.05) is 20.8 Å². The molecule has 0 bridgehead atoms. The number of hydrogen-bond donors (Lipinski definition) is 1. The Bertz CT molecular complexity index is 373. The average molecular weight is 280 g/mol. The molecule has 0 aromatic carbocycles. The number of likely N-dealkylation sites (tertiary alicyclic amines) is 1. The molecule has 1 saturated heterocycles. The summed E-state index contributed by atoms with van der Waals surface area (Å²) in [4.78, 5) is 5.67. The van der Waals surface area contributed by atoms with Gasteiger partial charge in [0.05, 0.1) is 0 Å². The Morgan fingerprint density at radius 3 is 2.89 bits per heavy atom. The Balaban J connectivity index is 1.80. The highest BCUT2D eigenvalue weighted by atomic mass is 32.1. The normalized spacial score (nSPS) is 20.5. The van der Waals surface area contributed by atoms with E-state index < -0.39 is 0 Å². The number of thiophene rings is 1. The molecule has 0 aliphatic carbocycles. The molecule has 2 heterocycles. The molecule has 0 spiro atoms. The molecule has 3 heteroatoms. The summed E-state index contributed by atoms with van der Waals surface area (Å²) in [6.07, 6.45) is 4.07. The van der Waals surface area contributed by atoms with Gasteiger partial charge in [-0.15, -0.1) is 11.3 Å². The minimum atomic E-state index is 0.731. The zero-order valence-corrected chi connectivity index (χ0v) is 13.4. The Morgan fingerprint density at radius 2 is 2.16 bits per heavy atom. The highest BCUT2D eigenvalue weighted by Crippen LogP contribution is 2.25. The van der Waals surface area contributed by atoms with Gasteiger partial charge in [0.1, 0.15) is 0 Å². The second-order valence-corrected chi connectivity index (χ2v) is 7.32.